The molecule has 0 bridgehead atoms. The number of rotatable bonds is 5. The molecule has 2 rings (SSSR count). The van der Waals surface area contributed by atoms with Crippen LogP contribution < -0.4 is 5.73 Å². The lowest BCUT2D eigenvalue weighted by Crippen LogP contribution is -2.05. The molecule has 1 heterocycles. The Morgan fingerprint density at radius 1 is 1.14 bits per heavy atom. The van der Waals surface area contributed by atoms with Gasteiger partial charge in [-0.2, -0.15) is 0 Å². The SMILES string of the molecule is Nc1ccc(Cc2sccc2C(=O)C=C(O)C(=O)O)cc1. The van der Waals surface area contributed by atoms with Crippen LogP contribution in [0.1, 0.15) is 20.8 Å². The Hall–Kier alpha value is -2.60. The fourth-order valence-electron chi connectivity index (χ4n) is 1.78. The van der Waals surface area contributed by atoms with E-state index in [9.17, 15) is 9.59 Å². The molecule has 1 aromatic heterocycles. The number of carbonyl (C=O) groups excluding carboxylic acids is 1. The third-order valence-corrected chi connectivity index (χ3v) is 3.76. The molecule has 0 aliphatic carbocycles. The fourth-order valence-corrected chi connectivity index (χ4v) is 2.70. The van der Waals surface area contributed by atoms with E-state index in [1.165, 1.54) is 11.3 Å². The van der Waals surface area contributed by atoms with Crippen molar-refractivity contribution in [1.29, 1.82) is 0 Å². The van der Waals surface area contributed by atoms with E-state index in [1.807, 2.05) is 12.1 Å². The first-order valence-electron chi connectivity index (χ1n) is 6.06. The van der Waals surface area contributed by atoms with Crippen LogP contribution in [0.3, 0.4) is 0 Å². The Kier molecular flexibility index (Phi) is 4.39. The number of aliphatic hydroxyl groups excluding tert-OH is 1. The molecular formula is C15H13NO4S. The number of ketones is 1. The Labute approximate surface area is 125 Å². The van der Waals surface area contributed by atoms with Gasteiger partial charge >= 0.3 is 5.97 Å². The summed E-state index contributed by atoms with van der Waals surface area (Å²) in [6.07, 6.45) is 1.26. The molecular weight excluding hydrogens is 290 g/mol. The molecule has 0 amide bonds. The number of carboxylic acid groups (broad SMARTS) is 1. The van der Waals surface area contributed by atoms with Crippen molar-refractivity contribution in [1.82, 2.24) is 0 Å². The summed E-state index contributed by atoms with van der Waals surface area (Å²) >= 11 is 1.40. The maximum Gasteiger partial charge on any atom is 0.371 e. The van der Waals surface area contributed by atoms with E-state index in [1.54, 1.807) is 23.6 Å². The van der Waals surface area contributed by atoms with Crippen LogP contribution in [-0.2, 0) is 11.2 Å². The van der Waals surface area contributed by atoms with Crippen molar-refractivity contribution in [3.05, 3.63) is 63.6 Å². The molecule has 5 nitrogen and oxygen atoms in total. The number of thiophene rings is 1. The number of carboxylic acids is 1. The van der Waals surface area contributed by atoms with E-state index in [0.717, 1.165) is 16.5 Å². The highest BCUT2D eigenvalue weighted by Crippen LogP contribution is 2.22. The van der Waals surface area contributed by atoms with E-state index < -0.39 is 17.5 Å². The molecule has 0 spiro atoms. The molecule has 0 saturated heterocycles. The molecule has 108 valence electrons. The van der Waals surface area contributed by atoms with Gasteiger partial charge in [0.1, 0.15) is 0 Å². The Morgan fingerprint density at radius 2 is 1.81 bits per heavy atom. The topological polar surface area (TPSA) is 101 Å². The Balaban J connectivity index is 2.22. The molecule has 0 unspecified atom stereocenters. The van der Waals surface area contributed by atoms with Crippen molar-refractivity contribution >= 4 is 28.8 Å². The first-order valence-corrected chi connectivity index (χ1v) is 6.94. The van der Waals surface area contributed by atoms with Crippen LogP contribution in [0.25, 0.3) is 0 Å². The quantitative estimate of drug-likeness (QED) is 0.341. The van der Waals surface area contributed by atoms with Crippen LogP contribution in [0.2, 0.25) is 0 Å². The summed E-state index contributed by atoms with van der Waals surface area (Å²) in [5.41, 5.74) is 7.67. The molecule has 0 atom stereocenters. The predicted octanol–water partition coefficient (Wildman–Crippen LogP) is 2.63. The highest BCUT2D eigenvalue weighted by atomic mass is 32.1. The summed E-state index contributed by atoms with van der Waals surface area (Å²) in [7, 11) is 0. The zero-order valence-corrected chi connectivity index (χ0v) is 11.8. The van der Waals surface area contributed by atoms with E-state index in [0.29, 0.717) is 17.7 Å². The molecule has 0 aliphatic rings. The number of hydrogen-bond donors (Lipinski definition) is 3. The average Bonchev–Trinajstić information content (AvgIpc) is 2.89. The van der Waals surface area contributed by atoms with Crippen LogP contribution in [0, 0.1) is 0 Å². The first kappa shape index (κ1) is 14.8. The lowest BCUT2D eigenvalue weighted by Gasteiger charge is -2.03. The minimum absolute atomic E-state index is 0.393. The number of nitrogens with two attached hydrogens (primary N) is 1. The standard InChI is InChI=1S/C15H13NO4S/c16-10-3-1-9(2-4-10)7-14-11(5-6-21-14)12(17)8-13(18)15(19)20/h1-6,8,18H,7,16H2,(H,19,20). The third kappa shape index (κ3) is 3.70. The zero-order chi connectivity index (χ0) is 15.4. The number of aliphatic hydroxyl groups is 1. The number of nitrogen functional groups attached to an aromatic ring is 1. The summed E-state index contributed by atoms with van der Waals surface area (Å²) in [6, 6.07) is 8.91. The Morgan fingerprint density at radius 3 is 2.43 bits per heavy atom. The van der Waals surface area contributed by atoms with Crippen molar-refractivity contribution in [2.24, 2.45) is 0 Å². The van der Waals surface area contributed by atoms with Crippen LogP contribution in [0.15, 0.2) is 47.5 Å². The van der Waals surface area contributed by atoms with E-state index in [4.69, 9.17) is 15.9 Å². The van der Waals surface area contributed by atoms with Crippen molar-refractivity contribution in [2.75, 3.05) is 5.73 Å². The van der Waals surface area contributed by atoms with Crippen LogP contribution in [0.4, 0.5) is 5.69 Å². The van der Waals surface area contributed by atoms with Crippen LogP contribution >= 0.6 is 11.3 Å². The number of anilines is 1. The first-order chi connectivity index (χ1) is 9.97. The van der Waals surface area contributed by atoms with Crippen molar-refractivity contribution in [3.63, 3.8) is 0 Å². The molecule has 0 aliphatic heterocycles. The lowest BCUT2D eigenvalue weighted by molar-refractivity contribution is -0.135. The molecule has 0 saturated carbocycles. The van der Waals surface area contributed by atoms with Gasteiger partial charge in [-0.25, -0.2) is 4.79 Å². The summed E-state index contributed by atoms with van der Waals surface area (Å²) in [4.78, 5) is 23.3. The van der Waals surface area contributed by atoms with Gasteiger partial charge < -0.3 is 15.9 Å². The summed E-state index contributed by atoms with van der Waals surface area (Å²) in [5.74, 6) is -3.02. The second-order valence-corrected chi connectivity index (χ2v) is 5.38. The Bertz CT molecular complexity index is 701. The van der Waals surface area contributed by atoms with Crippen molar-refractivity contribution in [3.8, 4) is 0 Å². The maximum atomic E-state index is 12.0. The van der Waals surface area contributed by atoms with E-state index in [2.05, 4.69) is 0 Å². The fraction of sp³-hybridized carbons (Fsp3) is 0.0667. The molecule has 2 aromatic rings. The second-order valence-electron chi connectivity index (χ2n) is 4.37. The third-order valence-electron chi connectivity index (χ3n) is 2.84. The van der Waals surface area contributed by atoms with Crippen LogP contribution in [-0.4, -0.2) is 22.0 Å². The number of allylic oxidation sites excluding steroid dienone is 1. The smallest absolute Gasteiger partial charge is 0.371 e. The van der Waals surface area contributed by atoms with Gasteiger partial charge in [0.05, 0.1) is 0 Å². The molecule has 0 radical (unpaired) electrons. The van der Waals surface area contributed by atoms with Gasteiger partial charge in [0.15, 0.2) is 5.78 Å². The average molecular weight is 303 g/mol. The number of aliphatic carboxylic acids is 1. The molecule has 1 aromatic carbocycles. The monoisotopic (exact) mass is 303 g/mol. The highest BCUT2D eigenvalue weighted by molar-refractivity contribution is 7.10. The van der Waals surface area contributed by atoms with Gasteiger partial charge in [0.25, 0.3) is 0 Å². The number of benzene rings is 1. The van der Waals surface area contributed by atoms with Gasteiger partial charge in [-0.15, -0.1) is 11.3 Å². The minimum Gasteiger partial charge on any atom is -0.502 e. The maximum absolute atomic E-state index is 12.0. The van der Waals surface area contributed by atoms with Gasteiger partial charge in [0.2, 0.25) is 5.76 Å². The van der Waals surface area contributed by atoms with Crippen molar-refractivity contribution < 1.29 is 19.8 Å². The minimum atomic E-state index is -1.53. The normalized spacial score (nSPS) is 11.3. The number of hydrogen-bond acceptors (Lipinski definition) is 5. The largest absolute Gasteiger partial charge is 0.502 e. The molecule has 6 heteroatoms. The summed E-state index contributed by atoms with van der Waals surface area (Å²) in [6.45, 7) is 0. The second kappa shape index (κ2) is 6.23. The lowest BCUT2D eigenvalue weighted by atomic mass is 10.1. The zero-order valence-electron chi connectivity index (χ0n) is 10.9. The molecule has 4 N–H and O–H groups in total. The van der Waals surface area contributed by atoms with E-state index in [-0.39, 0.29) is 0 Å². The summed E-state index contributed by atoms with van der Waals surface area (Å²) < 4.78 is 0. The molecule has 21 heavy (non-hydrogen) atoms. The number of carbonyl (C=O) groups is 2. The summed E-state index contributed by atoms with van der Waals surface area (Å²) in [5, 5.41) is 19.5. The van der Waals surface area contributed by atoms with Gasteiger partial charge in [-0.3, -0.25) is 4.79 Å². The predicted molar refractivity (Wildman–Crippen MR) is 80.7 cm³/mol. The van der Waals surface area contributed by atoms with Crippen molar-refractivity contribution in [2.45, 2.75) is 6.42 Å². The van der Waals surface area contributed by atoms with E-state index >= 15 is 0 Å². The van der Waals surface area contributed by atoms with Gasteiger partial charge in [-0.05, 0) is 29.1 Å². The molecule has 0 fully saturated rings. The van der Waals surface area contributed by atoms with Crippen LogP contribution in [0.5, 0.6) is 0 Å². The van der Waals surface area contributed by atoms with Gasteiger partial charge in [-0.1, -0.05) is 12.1 Å². The highest BCUT2D eigenvalue weighted by Gasteiger charge is 2.14. The van der Waals surface area contributed by atoms with Gasteiger partial charge in [0, 0.05) is 28.6 Å².